The first kappa shape index (κ1) is 42.4. The predicted molar refractivity (Wildman–Crippen MR) is 196 cm³/mol. The molecule has 1 saturated carbocycles. The number of benzene rings is 2. The van der Waals surface area contributed by atoms with E-state index in [1.807, 2.05) is 0 Å². The van der Waals surface area contributed by atoms with E-state index in [1.165, 1.54) is 26.2 Å². The molecule has 51 heavy (non-hydrogen) atoms. The summed E-state index contributed by atoms with van der Waals surface area (Å²) in [6, 6.07) is 10.2. The molecule has 2 unspecified atom stereocenters. The number of nitrogens with two attached hydrogens (primary N) is 1. The molecule has 0 spiro atoms. The Hall–Kier alpha value is -3.05. The maximum atomic E-state index is 14.1. The fraction of sp³-hybridized carbons (Fsp3) is 0.583. The smallest absolute Gasteiger partial charge is 0.350 e. The topological polar surface area (TPSA) is 182 Å². The second-order valence-electron chi connectivity index (χ2n) is 12.5. The number of hydrogen-bond acceptors (Lipinski definition) is 10. The summed E-state index contributed by atoms with van der Waals surface area (Å²) >= 11 is 0. The zero-order chi connectivity index (χ0) is 37.6. The lowest BCUT2D eigenvalue weighted by Crippen LogP contribution is -2.48. The van der Waals surface area contributed by atoms with Crippen molar-refractivity contribution < 1.29 is 46.3 Å². The van der Waals surface area contributed by atoms with Crippen LogP contribution in [0.25, 0.3) is 0 Å². The predicted octanol–water partition coefficient (Wildman–Crippen LogP) is 7.20. The maximum Gasteiger partial charge on any atom is 0.350 e. The van der Waals surface area contributed by atoms with Gasteiger partial charge in [-0.25, -0.2) is 0 Å². The van der Waals surface area contributed by atoms with E-state index in [1.54, 1.807) is 77.1 Å². The first-order valence-corrected chi connectivity index (χ1v) is 21.0. The largest absolute Gasteiger partial charge is 0.492 e. The highest BCUT2D eigenvalue weighted by Crippen LogP contribution is 2.78. The molecule has 284 valence electrons. The minimum atomic E-state index is -4.05. The molecule has 3 rings (SSSR count). The van der Waals surface area contributed by atoms with Gasteiger partial charge in [0, 0.05) is 13.3 Å². The fourth-order valence-corrected chi connectivity index (χ4v) is 11.6. The van der Waals surface area contributed by atoms with Crippen molar-refractivity contribution >= 4 is 32.9 Å². The second-order valence-corrected chi connectivity index (χ2v) is 17.1. The molecule has 4 N–H and O–H groups in total. The molecule has 2 aromatic carbocycles. The van der Waals surface area contributed by atoms with Gasteiger partial charge in [-0.05, 0) is 82.2 Å². The molecule has 13 nitrogen and oxygen atoms in total. The molecule has 0 heterocycles. The van der Waals surface area contributed by atoms with E-state index < -0.39 is 50.4 Å². The van der Waals surface area contributed by atoms with Crippen molar-refractivity contribution in [1.29, 1.82) is 0 Å². The monoisotopic (exact) mass is 751 g/mol. The molecule has 0 aromatic heterocycles. The summed E-state index contributed by atoms with van der Waals surface area (Å²) in [5.74, 6) is -0.631. The number of rotatable bonds is 21. The van der Waals surface area contributed by atoms with Crippen molar-refractivity contribution in [2.45, 2.75) is 97.6 Å². The summed E-state index contributed by atoms with van der Waals surface area (Å²) in [5.41, 5.74) is 7.58. The highest BCUT2D eigenvalue weighted by Gasteiger charge is 2.52. The molecular formula is C36H55N3O10P2. The van der Waals surface area contributed by atoms with Crippen LogP contribution >= 0.6 is 15.2 Å². The van der Waals surface area contributed by atoms with Gasteiger partial charge >= 0.3 is 15.2 Å². The van der Waals surface area contributed by atoms with Crippen molar-refractivity contribution in [1.82, 2.24) is 10.6 Å². The summed E-state index contributed by atoms with van der Waals surface area (Å²) < 4.78 is 56.6. The van der Waals surface area contributed by atoms with Crippen molar-refractivity contribution in [2.24, 2.45) is 11.7 Å². The highest BCUT2D eigenvalue weighted by molar-refractivity contribution is 7.72. The van der Waals surface area contributed by atoms with Crippen molar-refractivity contribution in [3.05, 3.63) is 64.7 Å². The first-order valence-electron chi connectivity index (χ1n) is 17.8. The van der Waals surface area contributed by atoms with Gasteiger partial charge in [0.25, 0.3) is 5.91 Å². The van der Waals surface area contributed by atoms with Gasteiger partial charge < -0.3 is 39.2 Å². The van der Waals surface area contributed by atoms with E-state index in [0.717, 1.165) is 12.8 Å². The van der Waals surface area contributed by atoms with Crippen LogP contribution in [0.1, 0.15) is 112 Å². The van der Waals surface area contributed by atoms with Crippen LogP contribution in [0.5, 0.6) is 5.75 Å². The zero-order valence-electron chi connectivity index (χ0n) is 30.7. The van der Waals surface area contributed by atoms with Gasteiger partial charge in [0.15, 0.2) is 5.40 Å². The minimum absolute atomic E-state index is 0.0399. The SMILES string of the molecule is CCOP(=O)(OCC)C(c1ccc(CC(NC(C)=O)C(=O)NC(C)c2ccc(OCC3CCCCC3)c(C(N)=O)c2)cc1)P(=O)(OCC)OCC. The molecule has 1 fully saturated rings. The fourth-order valence-electron chi connectivity index (χ4n) is 6.23. The van der Waals surface area contributed by atoms with E-state index in [2.05, 4.69) is 10.6 Å². The van der Waals surface area contributed by atoms with Crippen molar-refractivity contribution in [3.63, 3.8) is 0 Å². The van der Waals surface area contributed by atoms with Crippen molar-refractivity contribution in [2.75, 3.05) is 33.0 Å². The number of amides is 3. The Bertz CT molecular complexity index is 1500. The molecule has 0 aliphatic heterocycles. The van der Waals surface area contributed by atoms with Gasteiger partial charge in [-0.2, -0.15) is 0 Å². The third kappa shape index (κ3) is 12.0. The van der Waals surface area contributed by atoms with Gasteiger partial charge in [-0.1, -0.05) is 49.6 Å². The van der Waals surface area contributed by atoms with Crippen LogP contribution in [-0.4, -0.2) is 56.8 Å². The van der Waals surface area contributed by atoms with Crippen LogP contribution < -0.4 is 21.1 Å². The molecule has 0 radical (unpaired) electrons. The Morgan fingerprint density at radius 3 is 1.82 bits per heavy atom. The van der Waals surface area contributed by atoms with Crippen LogP contribution in [0.3, 0.4) is 0 Å². The number of primary amides is 1. The summed E-state index contributed by atoms with van der Waals surface area (Å²) in [6.07, 6.45) is 5.89. The molecular weight excluding hydrogens is 696 g/mol. The number of nitrogens with one attached hydrogen (secondary N) is 2. The van der Waals surface area contributed by atoms with Gasteiger partial charge in [0.2, 0.25) is 11.8 Å². The average Bonchev–Trinajstić information content (AvgIpc) is 3.08. The van der Waals surface area contributed by atoms with Gasteiger partial charge in [0.1, 0.15) is 11.8 Å². The lowest BCUT2D eigenvalue weighted by atomic mass is 9.90. The summed E-state index contributed by atoms with van der Waals surface area (Å²) in [7, 11) is -8.10. The molecule has 15 heteroatoms. The van der Waals surface area contributed by atoms with Crippen LogP contribution in [0, 0.1) is 5.92 Å². The summed E-state index contributed by atoms with van der Waals surface area (Å²) in [5, 5.41) is 4.28. The van der Waals surface area contributed by atoms with Crippen molar-refractivity contribution in [3.8, 4) is 5.75 Å². The number of carbonyl (C=O) groups excluding carboxylic acids is 3. The normalized spacial score (nSPS) is 15.3. The lowest BCUT2D eigenvalue weighted by molar-refractivity contribution is -0.128. The second kappa shape index (κ2) is 20.3. The third-order valence-electron chi connectivity index (χ3n) is 8.57. The standard InChI is InChI=1S/C36H55N3O10P2/c1-7-46-50(43,47-8-2)36(51(44,48-9-3)49-10-4)29-18-16-27(17-19-29)22-32(39-26(6)40)35(42)38-25(5)30-20-21-33(31(23-30)34(37)41)45-24-28-14-12-11-13-15-28/h16-21,23,25,28,32,36H,7-15,22,24H2,1-6H3,(H2,37,41)(H,38,42)(H,39,40). The van der Waals surface area contributed by atoms with Gasteiger partial charge in [0.05, 0.1) is 44.6 Å². The molecule has 0 bridgehead atoms. The van der Waals surface area contributed by atoms with E-state index >= 15 is 0 Å². The minimum Gasteiger partial charge on any atom is -0.492 e. The Morgan fingerprint density at radius 1 is 0.804 bits per heavy atom. The average molecular weight is 752 g/mol. The van der Waals surface area contributed by atoms with Crippen LogP contribution in [-0.2, 0) is 43.2 Å². The van der Waals surface area contributed by atoms with E-state index in [-0.39, 0.29) is 38.4 Å². The first-order chi connectivity index (χ1) is 24.3. The Kier molecular flexibility index (Phi) is 16.8. The van der Waals surface area contributed by atoms with E-state index in [4.69, 9.17) is 28.6 Å². The molecule has 1 aliphatic carbocycles. The molecule has 2 atom stereocenters. The van der Waals surface area contributed by atoms with Crippen LogP contribution in [0.4, 0.5) is 0 Å². The lowest BCUT2D eigenvalue weighted by Gasteiger charge is -2.31. The maximum absolute atomic E-state index is 14.1. The number of carbonyl (C=O) groups is 3. The number of hydrogen-bond donors (Lipinski definition) is 3. The highest BCUT2D eigenvalue weighted by atomic mass is 31.2. The summed E-state index contributed by atoms with van der Waals surface area (Å²) in [4.78, 5) is 38.1. The van der Waals surface area contributed by atoms with Crippen LogP contribution in [0.2, 0.25) is 0 Å². The van der Waals surface area contributed by atoms with E-state index in [9.17, 15) is 23.5 Å². The Labute approximate surface area is 302 Å². The summed E-state index contributed by atoms with van der Waals surface area (Å²) in [6.45, 7) is 10.4. The third-order valence-corrected chi connectivity index (χ3v) is 14.5. The Morgan fingerprint density at radius 2 is 1.33 bits per heavy atom. The molecule has 1 aliphatic rings. The van der Waals surface area contributed by atoms with Crippen LogP contribution in [0.15, 0.2) is 42.5 Å². The Balaban J connectivity index is 1.82. The van der Waals surface area contributed by atoms with Gasteiger partial charge in [-0.3, -0.25) is 23.5 Å². The molecule has 3 amide bonds. The number of ether oxygens (including phenoxy) is 1. The molecule has 2 aromatic rings. The van der Waals surface area contributed by atoms with E-state index in [0.29, 0.717) is 35.0 Å². The zero-order valence-corrected chi connectivity index (χ0v) is 32.5. The molecule has 0 saturated heterocycles. The quantitative estimate of drug-likeness (QED) is 0.110. The van der Waals surface area contributed by atoms with Gasteiger partial charge in [-0.15, -0.1) is 0 Å².